The Hall–Kier alpha value is -1.38. The van der Waals surface area contributed by atoms with Crippen molar-refractivity contribution < 1.29 is 20.1 Å². The van der Waals surface area contributed by atoms with Gasteiger partial charge >= 0.3 is 0 Å². The number of aromatic nitrogens is 2. The highest BCUT2D eigenvalue weighted by molar-refractivity contribution is 7.99. The van der Waals surface area contributed by atoms with Gasteiger partial charge in [0, 0.05) is 23.7 Å². The second-order valence-corrected chi connectivity index (χ2v) is 6.58. The van der Waals surface area contributed by atoms with Gasteiger partial charge in [-0.05, 0) is 24.3 Å². The Morgan fingerprint density at radius 2 is 2.00 bits per heavy atom. The summed E-state index contributed by atoms with van der Waals surface area (Å²) in [5, 5.41) is 29.3. The molecule has 0 radical (unpaired) electrons. The third-order valence-electron chi connectivity index (χ3n) is 3.47. The van der Waals surface area contributed by atoms with Crippen LogP contribution in [0.5, 0.6) is 5.75 Å². The van der Waals surface area contributed by atoms with Gasteiger partial charge in [0.1, 0.15) is 12.2 Å². The number of hydrogen-bond donors (Lipinski definition) is 3. The quantitative estimate of drug-likeness (QED) is 0.715. The van der Waals surface area contributed by atoms with E-state index in [9.17, 15) is 15.3 Å². The molecule has 1 saturated heterocycles. The molecule has 1 aliphatic heterocycles. The molecule has 4 atom stereocenters. The van der Waals surface area contributed by atoms with E-state index in [0.717, 1.165) is 5.56 Å². The summed E-state index contributed by atoms with van der Waals surface area (Å²) in [5.74, 6) is 0.571. The van der Waals surface area contributed by atoms with E-state index < -0.39 is 23.7 Å². The van der Waals surface area contributed by atoms with Crippen molar-refractivity contribution in [2.75, 3.05) is 5.75 Å². The summed E-state index contributed by atoms with van der Waals surface area (Å²) in [6.07, 6.45) is -0.0846. The smallest absolute Gasteiger partial charge is 0.173 e. The number of halogens is 1. The van der Waals surface area contributed by atoms with E-state index >= 15 is 0 Å². The van der Waals surface area contributed by atoms with Crippen LogP contribution in [0.2, 0.25) is 5.15 Å². The summed E-state index contributed by atoms with van der Waals surface area (Å²) < 4.78 is 5.64. The lowest BCUT2D eigenvalue weighted by atomic mass is 10.1. The van der Waals surface area contributed by atoms with E-state index in [4.69, 9.17) is 16.3 Å². The third-order valence-corrected chi connectivity index (χ3v) is 4.98. The Labute approximate surface area is 142 Å². The highest BCUT2D eigenvalue weighted by atomic mass is 35.5. The van der Waals surface area contributed by atoms with Crippen LogP contribution in [-0.4, -0.2) is 54.8 Å². The molecule has 0 spiro atoms. The van der Waals surface area contributed by atoms with Crippen LogP contribution in [0.25, 0.3) is 11.3 Å². The van der Waals surface area contributed by atoms with Crippen molar-refractivity contribution >= 4 is 23.4 Å². The predicted molar refractivity (Wildman–Crippen MR) is 87.4 cm³/mol. The van der Waals surface area contributed by atoms with E-state index in [0.29, 0.717) is 11.4 Å². The minimum absolute atomic E-state index is 0.153. The average molecular weight is 355 g/mol. The largest absolute Gasteiger partial charge is 0.474 e. The summed E-state index contributed by atoms with van der Waals surface area (Å²) in [7, 11) is 0. The number of pyridine rings is 2. The molecular formula is C15H15ClN2O4S. The van der Waals surface area contributed by atoms with Gasteiger partial charge in [0.25, 0.3) is 0 Å². The third kappa shape index (κ3) is 3.59. The van der Waals surface area contributed by atoms with Crippen LogP contribution in [0.4, 0.5) is 0 Å². The lowest BCUT2D eigenvalue weighted by molar-refractivity contribution is -0.0786. The lowest BCUT2D eigenvalue weighted by Crippen LogP contribution is -2.50. The first kappa shape index (κ1) is 16.5. The van der Waals surface area contributed by atoms with Crippen molar-refractivity contribution in [1.29, 1.82) is 0 Å². The first-order valence-electron chi connectivity index (χ1n) is 6.95. The standard InChI is InChI=1S/C15H15ClN2O4S/c16-14-11(22-15-13(21)12(20)10(19)7-23-15)4-3-9(18-14)8-2-1-5-17-6-8/h1-6,10,12-13,15,19-21H,7H2/t10-,12+,13-,15+/m1/s1. The van der Waals surface area contributed by atoms with Crippen LogP contribution in [0.15, 0.2) is 36.7 Å². The zero-order chi connectivity index (χ0) is 16.4. The van der Waals surface area contributed by atoms with Crippen LogP contribution in [-0.2, 0) is 0 Å². The molecule has 0 bridgehead atoms. The Bertz CT molecular complexity index is 676. The number of aliphatic hydroxyl groups excluding tert-OH is 3. The molecule has 8 heteroatoms. The second-order valence-electron chi connectivity index (χ2n) is 5.10. The number of aliphatic hydroxyl groups is 3. The van der Waals surface area contributed by atoms with Gasteiger partial charge in [-0.3, -0.25) is 4.98 Å². The van der Waals surface area contributed by atoms with Crippen LogP contribution in [0, 0.1) is 0 Å². The molecule has 0 saturated carbocycles. The first-order chi connectivity index (χ1) is 11.1. The maximum atomic E-state index is 9.97. The summed E-state index contributed by atoms with van der Waals surface area (Å²) >= 11 is 7.36. The van der Waals surface area contributed by atoms with Crippen molar-refractivity contribution in [2.24, 2.45) is 0 Å². The van der Waals surface area contributed by atoms with E-state index in [2.05, 4.69) is 9.97 Å². The molecule has 2 aromatic rings. The molecule has 3 N–H and O–H groups in total. The molecule has 0 aliphatic carbocycles. The molecule has 2 aromatic heterocycles. The van der Waals surface area contributed by atoms with E-state index in [1.54, 1.807) is 30.6 Å². The summed E-state index contributed by atoms with van der Waals surface area (Å²) in [5.41, 5.74) is 0.756. The summed E-state index contributed by atoms with van der Waals surface area (Å²) in [6, 6.07) is 7.06. The normalized spacial score (nSPS) is 27.7. The molecular weight excluding hydrogens is 340 g/mol. The minimum Gasteiger partial charge on any atom is -0.474 e. The highest BCUT2D eigenvalue weighted by Crippen LogP contribution is 2.33. The predicted octanol–water partition coefficient (Wildman–Crippen LogP) is 1.33. The van der Waals surface area contributed by atoms with Gasteiger partial charge in [-0.15, -0.1) is 11.8 Å². The molecule has 0 unspecified atom stereocenters. The Morgan fingerprint density at radius 1 is 1.17 bits per heavy atom. The van der Waals surface area contributed by atoms with E-state index in [1.165, 1.54) is 11.8 Å². The van der Waals surface area contributed by atoms with Gasteiger partial charge in [0.15, 0.2) is 16.3 Å². The fourth-order valence-electron chi connectivity index (χ4n) is 2.19. The average Bonchev–Trinajstić information content (AvgIpc) is 2.57. The molecule has 1 aliphatic rings. The first-order valence-corrected chi connectivity index (χ1v) is 8.38. The number of thioether (sulfide) groups is 1. The second kappa shape index (κ2) is 7.02. The van der Waals surface area contributed by atoms with E-state index in [-0.39, 0.29) is 10.9 Å². The van der Waals surface area contributed by atoms with Gasteiger partial charge in [-0.1, -0.05) is 11.6 Å². The maximum Gasteiger partial charge on any atom is 0.173 e. The fraction of sp³-hybridized carbons (Fsp3) is 0.333. The number of rotatable bonds is 3. The van der Waals surface area contributed by atoms with Gasteiger partial charge in [0.2, 0.25) is 0 Å². The number of hydrogen-bond acceptors (Lipinski definition) is 7. The van der Waals surface area contributed by atoms with Crippen LogP contribution in [0.3, 0.4) is 0 Å². The highest BCUT2D eigenvalue weighted by Gasteiger charge is 2.38. The maximum absolute atomic E-state index is 9.97. The molecule has 23 heavy (non-hydrogen) atoms. The van der Waals surface area contributed by atoms with Gasteiger partial charge in [-0.25, -0.2) is 4.98 Å². The van der Waals surface area contributed by atoms with Gasteiger partial charge in [-0.2, -0.15) is 0 Å². The summed E-state index contributed by atoms with van der Waals surface area (Å²) in [6.45, 7) is 0. The SMILES string of the molecule is O[C@@H]1[C@@H](O)[C@@H](Oc2ccc(-c3cccnc3)nc2Cl)SC[C@H]1O. The van der Waals surface area contributed by atoms with Crippen molar-refractivity contribution in [1.82, 2.24) is 9.97 Å². The minimum atomic E-state index is -1.25. The topological polar surface area (TPSA) is 95.7 Å². The number of nitrogens with zero attached hydrogens (tertiary/aromatic N) is 2. The zero-order valence-corrected chi connectivity index (χ0v) is 13.5. The van der Waals surface area contributed by atoms with Gasteiger partial charge < -0.3 is 20.1 Å². The summed E-state index contributed by atoms with van der Waals surface area (Å²) in [4.78, 5) is 8.30. The van der Waals surface area contributed by atoms with Gasteiger partial charge in [0.05, 0.1) is 11.8 Å². The van der Waals surface area contributed by atoms with Crippen molar-refractivity contribution in [2.45, 2.75) is 23.7 Å². The Balaban J connectivity index is 1.77. The van der Waals surface area contributed by atoms with Crippen LogP contribution < -0.4 is 4.74 Å². The zero-order valence-electron chi connectivity index (χ0n) is 11.9. The molecule has 122 valence electrons. The number of ether oxygens (including phenoxy) is 1. The van der Waals surface area contributed by atoms with Crippen LogP contribution >= 0.6 is 23.4 Å². The van der Waals surface area contributed by atoms with Crippen LogP contribution in [0.1, 0.15) is 0 Å². The Kier molecular flexibility index (Phi) is 5.03. The monoisotopic (exact) mass is 354 g/mol. The fourth-order valence-corrected chi connectivity index (χ4v) is 3.51. The molecule has 0 amide bonds. The molecule has 3 rings (SSSR count). The van der Waals surface area contributed by atoms with E-state index in [1.807, 2.05) is 6.07 Å². The molecule has 6 nitrogen and oxygen atoms in total. The van der Waals surface area contributed by atoms with Crippen molar-refractivity contribution in [3.63, 3.8) is 0 Å². The Morgan fingerprint density at radius 3 is 2.70 bits per heavy atom. The molecule has 0 aromatic carbocycles. The van der Waals surface area contributed by atoms with Crippen molar-refractivity contribution in [3.05, 3.63) is 41.8 Å². The lowest BCUT2D eigenvalue weighted by Gasteiger charge is -2.34. The molecule has 3 heterocycles. The van der Waals surface area contributed by atoms with Crippen molar-refractivity contribution in [3.8, 4) is 17.0 Å². The molecule has 1 fully saturated rings.